The minimum atomic E-state index is -1.87. The van der Waals surface area contributed by atoms with Crippen molar-refractivity contribution in [3.8, 4) is 0 Å². The van der Waals surface area contributed by atoms with E-state index in [-0.39, 0.29) is 24.3 Å². The molecule has 4 amide bonds. The van der Waals surface area contributed by atoms with Gasteiger partial charge in [-0.2, -0.15) is 0 Å². The van der Waals surface area contributed by atoms with Gasteiger partial charge in [-0.15, -0.1) is 0 Å². The van der Waals surface area contributed by atoms with E-state index in [0.29, 0.717) is 5.56 Å². The molecule has 0 aromatic heterocycles. The van der Waals surface area contributed by atoms with E-state index in [1.54, 1.807) is 80.6 Å². The highest BCUT2D eigenvalue weighted by atomic mass is 16.5. The number of ketones is 1. The van der Waals surface area contributed by atoms with Crippen LogP contribution in [0.5, 0.6) is 0 Å². The minimum Gasteiger partial charge on any atom is -0.459 e. The van der Waals surface area contributed by atoms with Gasteiger partial charge in [0.05, 0.1) is 17.7 Å². The maximum Gasteiger partial charge on any atom is 0.408 e. The number of nitrogens with one attached hydrogen (secondary N) is 2. The molecule has 1 aliphatic heterocycles. The number of fused-ring (bicyclic) bond motifs is 1. The number of Topliss-reactive ketones (excluding diaryl/α,β-unsaturated/α-hetero) is 1. The fourth-order valence-electron chi connectivity index (χ4n) is 4.37. The molecule has 11 heteroatoms. The Labute approximate surface area is 248 Å². The number of carbonyl (C=O) groups is 6. The number of esters is 1. The lowest BCUT2D eigenvalue weighted by Gasteiger charge is -2.25. The van der Waals surface area contributed by atoms with Gasteiger partial charge in [-0.05, 0) is 29.2 Å². The summed E-state index contributed by atoms with van der Waals surface area (Å²) in [5.41, 5.74) is 1.64. The quantitative estimate of drug-likeness (QED) is 0.187. The number of hydrogen-bond acceptors (Lipinski definition) is 8. The molecule has 2 atom stereocenters. The Morgan fingerprint density at radius 3 is 1.70 bits per heavy atom. The Morgan fingerprint density at radius 2 is 1.19 bits per heavy atom. The zero-order valence-electron chi connectivity index (χ0n) is 23.6. The molecule has 1 heterocycles. The van der Waals surface area contributed by atoms with Crippen LogP contribution in [0.25, 0.3) is 0 Å². The Morgan fingerprint density at radius 1 is 0.698 bits per heavy atom. The first-order chi connectivity index (χ1) is 20.7. The van der Waals surface area contributed by atoms with Gasteiger partial charge < -0.3 is 20.1 Å². The molecule has 0 aliphatic carbocycles. The van der Waals surface area contributed by atoms with Crippen LogP contribution in [0.15, 0.2) is 84.9 Å². The molecule has 3 aromatic rings. The third-order valence-electron chi connectivity index (χ3n) is 6.70. The lowest BCUT2D eigenvalue weighted by molar-refractivity contribution is -0.152. The summed E-state index contributed by atoms with van der Waals surface area (Å²) in [7, 11) is 0. The molecule has 222 valence electrons. The second-order valence-electron chi connectivity index (χ2n) is 10.2. The van der Waals surface area contributed by atoms with Gasteiger partial charge in [0.1, 0.15) is 19.3 Å². The number of ether oxygens (including phenoxy) is 2. The maximum absolute atomic E-state index is 13.4. The molecule has 11 nitrogen and oxygen atoms in total. The van der Waals surface area contributed by atoms with Gasteiger partial charge in [0.25, 0.3) is 11.8 Å². The van der Waals surface area contributed by atoms with Crippen LogP contribution >= 0.6 is 0 Å². The average Bonchev–Trinajstić information content (AvgIpc) is 3.25. The third kappa shape index (κ3) is 7.70. The van der Waals surface area contributed by atoms with Crippen molar-refractivity contribution < 1.29 is 38.2 Å². The average molecular weight is 586 g/mol. The first-order valence-corrected chi connectivity index (χ1v) is 13.6. The van der Waals surface area contributed by atoms with E-state index in [9.17, 15) is 28.8 Å². The van der Waals surface area contributed by atoms with Crippen LogP contribution in [0, 0.1) is 5.92 Å². The largest absolute Gasteiger partial charge is 0.459 e. The number of nitrogens with zero attached hydrogens (tertiary/aromatic N) is 1. The van der Waals surface area contributed by atoms with Gasteiger partial charge in [0.15, 0.2) is 11.8 Å². The molecule has 0 radical (unpaired) electrons. The molecule has 0 fully saturated rings. The van der Waals surface area contributed by atoms with Crippen molar-refractivity contribution >= 4 is 35.6 Å². The lowest BCUT2D eigenvalue weighted by Crippen LogP contribution is -2.57. The predicted molar refractivity (Wildman–Crippen MR) is 153 cm³/mol. The van der Waals surface area contributed by atoms with Crippen molar-refractivity contribution in [3.63, 3.8) is 0 Å². The van der Waals surface area contributed by atoms with Crippen LogP contribution in [0.2, 0.25) is 0 Å². The predicted octanol–water partition coefficient (Wildman–Crippen LogP) is 3.03. The van der Waals surface area contributed by atoms with Crippen molar-refractivity contribution in [2.24, 2.45) is 5.92 Å². The number of imide groups is 1. The SMILES string of the molecule is CC(C)[C@H](NC(=O)OCc1ccccc1)C(=O)N[C@H](C(=O)CN1C(=O)c2ccccc2C1=O)C(=O)OCc1ccccc1. The molecule has 2 N–H and O–H groups in total. The molecule has 0 saturated heterocycles. The van der Waals surface area contributed by atoms with E-state index in [2.05, 4.69) is 10.6 Å². The van der Waals surface area contributed by atoms with Gasteiger partial charge in [-0.25, -0.2) is 9.59 Å². The van der Waals surface area contributed by atoms with Crippen LogP contribution in [-0.4, -0.2) is 59.1 Å². The van der Waals surface area contributed by atoms with Crippen LogP contribution in [0.3, 0.4) is 0 Å². The normalized spacial score (nSPS) is 13.6. The number of carbonyl (C=O) groups excluding carboxylic acids is 6. The number of benzene rings is 3. The summed E-state index contributed by atoms with van der Waals surface area (Å²) in [6, 6.07) is 20.6. The molecular weight excluding hydrogens is 554 g/mol. The Balaban J connectivity index is 1.48. The maximum atomic E-state index is 13.4. The second kappa shape index (κ2) is 14.0. The van der Waals surface area contributed by atoms with Crippen LogP contribution in [-0.2, 0) is 37.1 Å². The highest BCUT2D eigenvalue weighted by molar-refractivity contribution is 6.23. The second-order valence-corrected chi connectivity index (χ2v) is 10.2. The van der Waals surface area contributed by atoms with E-state index in [4.69, 9.17) is 9.47 Å². The molecule has 43 heavy (non-hydrogen) atoms. The number of hydrogen-bond donors (Lipinski definition) is 2. The summed E-state index contributed by atoms with van der Waals surface area (Å²) in [6.45, 7) is 2.31. The standard InChI is InChI=1S/C32H31N3O8/c1-20(2)26(34-32(41)43-19-22-13-7-4-8-14-22)28(37)33-27(31(40)42-18-21-11-5-3-6-12-21)25(36)17-35-29(38)23-15-9-10-16-24(23)30(35)39/h3-16,20,26-27H,17-19H2,1-2H3,(H,33,37)(H,34,41)/t26-,27+/m0/s1. The minimum absolute atomic E-state index is 0.0354. The van der Waals surface area contributed by atoms with Gasteiger partial charge in [0.2, 0.25) is 5.91 Å². The summed E-state index contributed by atoms with van der Waals surface area (Å²) in [4.78, 5) is 78.8. The zero-order chi connectivity index (χ0) is 30.9. The van der Waals surface area contributed by atoms with E-state index >= 15 is 0 Å². The van der Waals surface area contributed by atoms with Crippen molar-refractivity contribution in [2.75, 3.05) is 6.54 Å². The number of amides is 4. The van der Waals surface area contributed by atoms with Gasteiger partial charge in [-0.3, -0.25) is 24.1 Å². The summed E-state index contributed by atoms with van der Waals surface area (Å²) >= 11 is 0. The smallest absolute Gasteiger partial charge is 0.408 e. The molecule has 0 bridgehead atoms. The molecule has 1 aliphatic rings. The van der Waals surface area contributed by atoms with Crippen LogP contribution < -0.4 is 10.6 Å². The van der Waals surface area contributed by atoms with E-state index in [1.165, 1.54) is 12.1 Å². The van der Waals surface area contributed by atoms with Crippen molar-refractivity contribution in [3.05, 3.63) is 107 Å². The van der Waals surface area contributed by atoms with Gasteiger partial charge in [-0.1, -0.05) is 86.6 Å². The Bertz CT molecular complexity index is 1470. The van der Waals surface area contributed by atoms with Gasteiger partial charge in [0, 0.05) is 0 Å². The third-order valence-corrected chi connectivity index (χ3v) is 6.70. The van der Waals surface area contributed by atoms with E-state index < -0.39 is 60.1 Å². The zero-order valence-corrected chi connectivity index (χ0v) is 23.6. The van der Waals surface area contributed by atoms with Crippen LogP contribution in [0.1, 0.15) is 45.7 Å². The van der Waals surface area contributed by atoms with E-state index in [1.807, 2.05) is 6.07 Å². The summed E-state index contributed by atoms with van der Waals surface area (Å²) < 4.78 is 10.5. The number of alkyl carbamates (subject to hydrolysis) is 1. The van der Waals surface area contributed by atoms with Crippen molar-refractivity contribution in [1.82, 2.24) is 15.5 Å². The van der Waals surface area contributed by atoms with Crippen molar-refractivity contribution in [2.45, 2.75) is 39.1 Å². The Kier molecular flexibility index (Phi) is 10.00. The summed E-state index contributed by atoms with van der Waals surface area (Å²) in [5, 5.41) is 4.83. The topological polar surface area (TPSA) is 148 Å². The molecule has 0 spiro atoms. The number of rotatable bonds is 12. The highest BCUT2D eigenvalue weighted by Gasteiger charge is 2.40. The van der Waals surface area contributed by atoms with Crippen molar-refractivity contribution in [1.29, 1.82) is 0 Å². The van der Waals surface area contributed by atoms with Crippen LogP contribution in [0.4, 0.5) is 4.79 Å². The summed E-state index contributed by atoms with van der Waals surface area (Å²) in [6.07, 6.45) is -0.877. The van der Waals surface area contributed by atoms with E-state index in [0.717, 1.165) is 10.5 Å². The molecule has 0 unspecified atom stereocenters. The monoisotopic (exact) mass is 585 g/mol. The molecule has 4 rings (SSSR count). The fraction of sp³-hybridized carbons (Fsp3) is 0.250. The summed E-state index contributed by atoms with van der Waals surface area (Å²) in [5.74, 6) is -4.76. The molecular formula is C32H31N3O8. The first kappa shape index (κ1) is 30.6. The molecule has 3 aromatic carbocycles. The Hall–Kier alpha value is -5.32. The molecule has 0 saturated carbocycles. The van der Waals surface area contributed by atoms with Gasteiger partial charge >= 0.3 is 12.1 Å². The highest BCUT2D eigenvalue weighted by Crippen LogP contribution is 2.22. The lowest BCUT2D eigenvalue weighted by atomic mass is 10.0. The fourth-order valence-corrected chi connectivity index (χ4v) is 4.37. The first-order valence-electron chi connectivity index (χ1n) is 13.6.